The Hall–Kier alpha value is -1.59. The maximum atomic E-state index is 5.34. The molecule has 0 spiro atoms. The fraction of sp³-hybridized carbons (Fsp3) is 0.429. The van der Waals surface area contributed by atoms with Crippen LogP contribution in [-0.4, -0.2) is 30.3 Å². The Morgan fingerprint density at radius 1 is 1.40 bits per heavy atom. The number of nitrogens with zero attached hydrogens (tertiary/aromatic N) is 2. The summed E-state index contributed by atoms with van der Waals surface area (Å²) in [6.07, 6.45) is 2.02. The molecule has 1 aliphatic heterocycles. The van der Waals surface area contributed by atoms with E-state index in [2.05, 4.69) is 15.5 Å². The molecule has 3 rings (SSSR count). The fourth-order valence-electron chi connectivity index (χ4n) is 2.41. The van der Waals surface area contributed by atoms with E-state index in [9.17, 15) is 0 Å². The van der Waals surface area contributed by atoms with Crippen molar-refractivity contribution >= 4 is 12.4 Å². The Labute approximate surface area is 124 Å². The SMILES string of the molecule is COc1ccccc1-c1noc(CC2CCNC2)n1.Cl. The smallest absolute Gasteiger partial charge is 0.227 e. The minimum Gasteiger partial charge on any atom is -0.496 e. The van der Waals surface area contributed by atoms with Crippen molar-refractivity contribution in [3.8, 4) is 17.1 Å². The first-order valence-corrected chi connectivity index (χ1v) is 6.53. The molecular weight excluding hydrogens is 278 g/mol. The van der Waals surface area contributed by atoms with Crippen LogP contribution < -0.4 is 10.1 Å². The summed E-state index contributed by atoms with van der Waals surface area (Å²) in [5.41, 5.74) is 0.865. The van der Waals surface area contributed by atoms with Gasteiger partial charge in [-0.15, -0.1) is 12.4 Å². The fourth-order valence-corrected chi connectivity index (χ4v) is 2.41. The third kappa shape index (κ3) is 3.11. The molecule has 20 heavy (non-hydrogen) atoms. The molecule has 1 saturated heterocycles. The molecule has 0 aliphatic carbocycles. The normalized spacial score (nSPS) is 17.8. The zero-order valence-electron chi connectivity index (χ0n) is 11.3. The number of hydrogen-bond acceptors (Lipinski definition) is 5. The van der Waals surface area contributed by atoms with E-state index in [4.69, 9.17) is 9.26 Å². The number of hydrogen-bond donors (Lipinski definition) is 1. The summed E-state index contributed by atoms with van der Waals surface area (Å²) in [5.74, 6) is 2.66. The summed E-state index contributed by atoms with van der Waals surface area (Å²) >= 11 is 0. The van der Waals surface area contributed by atoms with Gasteiger partial charge in [-0.1, -0.05) is 17.3 Å². The van der Waals surface area contributed by atoms with Crippen molar-refractivity contribution in [3.63, 3.8) is 0 Å². The molecule has 1 atom stereocenters. The molecule has 0 saturated carbocycles. The van der Waals surface area contributed by atoms with E-state index in [1.807, 2.05) is 24.3 Å². The Bertz CT molecular complexity index is 553. The van der Waals surface area contributed by atoms with Gasteiger partial charge in [-0.3, -0.25) is 0 Å². The number of halogens is 1. The molecule has 0 amide bonds. The second kappa shape index (κ2) is 6.72. The summed E-state index contributed by atoms with van der Waals surface area (Å²) in [7, 11) is 1.64. The summed E-state index contributed by atoms with van der Waals surface area (Å²) in [6.45, 7) is 2.12. The summed E-state index contributed by atoms with van der Waals surface area (Å²) in [6, 6.07) is 7.69. The van der Waals surface area contributed by atoms with E-state index >= 15 is 0 Å². The zero-order chi connectivity index (χ0) is 13.1. The topological polar surface area (TPSA) is 60.2 Å². The number of aromatic nitrogens is 2. The first-order valence-electron chi connectivity index (χ1n) is 6.53. The van der Waals surface area contributed by atoms with Gasteiger partial charge in [0.25, 0.3) is 0 Å². The highest BCUT2D eigenvalue weighted by Gasteiger charge is 2.19. The van der Waals surface area contributed by atoms with Crippen LogP contribution >= 0.6 is 12.4 Å². The molecule has 1 unspecified atom stereocenters. The molecule has 108 valence electrons. The van der Waals surface area contributed by atoms with E-state index < -0.39 is 0 Å². The summed E-state index contributed by atoms with van der Waals surface area (Å²) < 4.78 is 10.6. The molecular formula is C14H18ClN3O2. The largest absolute Gasteiger partial charge is 0.496 e. The molecule has 6 heteroatoms. The second-order valence-electron chi connectivity index (χ2n) is 4.77. The molecule has 1 aromatic carbocycles. The highest BCUT2D eigenvalue weighted by atomic mass is 35.5. The van der Waals surface area contributed by atoms with Crippen LogP contribution in [0.1, 0.15) is 12.3 Å². The lowest BCUT2D eigenvalue weighted by molar-refractivity contribution is 0.357. The average molecular weight is 296 g/mol. The third-order valence-corrected chi connectivity index (χ3v) is 3.44. The lowest BCUT2D eigenvalue weighted by Crippen LogP contribution is -2.10. The predicted octanol–water partition coefficient (Wildman–Crippen LogP) is 2.32. The van der Waals surface area contributed by atoms with Gasteiger partial charge in [-0.2, -0.15) is 4.98 Å². The van der Waals surface area contributed by atoms with Crippen molar-refractivity contribution in [1.82, 2.24) is 15.5 Å². The van der Waals surface area contributed by atoms with Crippen LogP contribution in [0.2, 0.25) is 0 Å². The molecule has 1 aromatic heterocycles. The monoisotopic (exact) mass is 295 g/mol. The highest BCUT2D eigenvalue weighted by Crippen LogP contribution is 2.27. The Morgan fingerprint density at radius 2 is 2.25 bits per heavy atom. The lowest BCUT2D eigenvalue weighted by Gasteiger charge is -2.03. The van der Waals surface area contributed by atoms with Gasteiger partial charge in [-0.05, 0) is 37.6 Å². The minimum absolute atomic E-state index is 0. The van der Waals surface area contributed by atoms with Gasteiger partial charge in [0.1, 0.15) is 5.75 Å². The highest BCUT2D eigenvalue weighted by molar-refractivity contribution is 5.85. The summed E-state index contributed by atoms with van der Waals surface area (Å²) in [5, 5.41) is 7.39. The van der Waals surface area contributed by atoms with E-state index in [-0.39, 0.29) is 12.4 Å². The summed E-state index contributed by atoms with van der Waals surface area (Å²) in [4.78, 5) is 4.47. The van der Waals surface area contributed by atoms with Crippen LogP contribution in [-0.2, 0) is 6.42 Å². The van der Waals surface area contributed by atoms with Crippen LogP contribution in [0.25, 0.3) is 11.4 Å². The quantitative estimate of drug-likeness (QED) is 0.938. The molecule has 1 aliphatic rings. The maximum Gasteiger partial charge on any atom is 0.227 e. The first kappa shape index (κ1) is 14.8. The Balaban J connectivity index is 0.00000147. The van der Waals surface area contributed by atoms with Crippen molar-refractivity contribution in [2.24, 2.45) is 5.92 Å². The van der Waals surface area contributed by atoms with Gasteiger partial charge in [0.2, 0.25) is 11.7 Å². The standard InChI is InChI=1S/C14H17N3O2.ClH/c1-18-12-5-3-2-4-11(12)14-16-13(19-17-14)8-10-6-7-15-9-10;/h2-5,10,15H,6-9H2,1H3;1H. The van der Waals surface area contributed by atoms with Gasteiger partial charge < -0.3 is 14.6 Å². The van der Waals surface area contributed by atoms with Crippen LogP contribution in [0, 0.1) is 5.92 Å². The number of ether oxygens (including phenoxy) is 1. The number of nitrogens with one attached hydrogen (secondary N) is 1. The van der Waals surface area contributed by atoms with Gasteiger partial charge >= 0.3 is 0 Å². The predicted molar refractivity (Wildman–Crippen MR) is 78.2 cm³/mol. The van der Waals surface area contributed by atoms with E-state index in [1.165, 1.54) is 6.42 Å². The van der Waals surface area contributed by atoms with Crippen LogP contribution in [0.3, 0.4) is 0 Å². The van der Waals surface area contributed by atoms with Gasteiger partial charge in [0, 0.05) is 6.42 Å². The zero-order valence-corrected chi connectivity index (χ0v) is 12.2. The van der Waals surface area contributed by atoms with Crippen LogP contribution in [0.4, 0.5) is 0 Å². The lowest BCUT2D eigenvalue weighted by atomic mass is 10.1. The van der Waals surface area contributed by atoms with E-state index in [0.29, 0.717) is 17.6 Å². The first-order chi connectivity index (χ1) is 9.36. The van der Waals surface area contributed by atoms with Gasteiger partial charge in [0.05, 0.1) is 12.7 Å². The molecule has 1 N–H and O–H groups in total. The van der Waals surface area contributed by atoms with Crippen LogP contribution in [0.5, 0.6) is 5.75 Å². The number of benzene rings is 1. The number of para-hydroxylation sites is 1. The average Bonchev–Trinajstić information content (AvgIpc) is 3.11. The second-order valence-corrected chi connectivity index (χ2v) is 4.77. The molecule has 2 aromatic rings. The van der Waals surface area contributed by atoms with Crippen molar-refractivity contribution in [1.29, 1.82) is 0 Å². The Morgan fingerprint density at radius 3 is 3.00 bits per heavy atom. The Kier molecular flexibility index (Phi) is 4.98. The molecule has 5 nitrogen and oxygen atoms in total. The molecule has 1 fully saturated rings. The van der Waals surface area contributed by atoms with E-state index in [0.717, 1.165) is 30.8 Å². The van der Waals surface area contributed by atoms with Crippen molar-refractivity contribution in [2.75, 3.05) is 20.2 Å². The maximum absolute atomic E-state index is 5.34. The molecule has 0 radical (unpaired) electrons. The van der Waals surface area contributed by atoms with E-state index in [1.54, 1.807) is 7.11 Å². The van der Waals surface area contributed by atoms with Crippen LogP contribution in [0.15, 0.2) is 28.8 Å². The van der Waals surface area contributed by atoms with Gasteiger partial charge in [0.15, 0.2) is 0 Å². The van der Waals surface area contributed by atoms with Crippen molar-refractivity contribution < 1.29 is 9.26 Å². The molecule has 2 heterocycles. The van der Waals surface area contributed by atoms with Crippen molar-refractivity contribution in [2.45, 2.75) is 12.8 Å². The number of rotatable bonds is 4. The number of methoxy groups -OCH3 is 1. The van der Waals surface area contributed by atoms with Crippen molar-refractivity contribution in [3.05, 3.63) is 30.2 Å². The third-order valence-electron chi connectivity index (χ3n) is 3.44. The molecule has 0 bridgehead atoms. The van der Waals surface area contributed by atoms with Gasteiger partial charge in [-0.25, -0.2) is 0 Å². The minimum atomic E-state index is 0.